The van der Waals surface area contributed by atoms with Crippen molar-refractivity contribution in [1.29, 1.82) is 5.26 Å². The molecule has 74 valence electrons. The van der Waals surface area contributed by atoms with Gasteiger partial charge in [0.25, 0.3) is 0 Å². The number of nitrogens with one attached hydrogen (secondary N) is 1. The van der Waals surface area contributed by atoms with Crippen LogP contribution in [0, 0.1) is 17.1 Å². The van der Waals surface area contributed by atoms with Crippen LogP contribution in [0.15, 0.2) is 35.4 Å². The van der Waals surface area contributed by atoms with Crippen molar-refractivity contribution in [1.82, 2.24) is 9.55 Å². The van der Waals surface area contributed by atoms with Gasteiger partial charge in [0.1, 0.15) is 11.9 Å². The Balaban J connectivity index is 2.62. The molecule has 0 fully saturated rings. The van der Waals surface area contributed by atoms with Crippen molar-refractivity contribution in [3.8, 4) is 11.8 Å². The van der Waals surface area contributed by atoms with Gasteiger partial charge in [0, 0.05) is 12.4 Å². The summed E-state index contributed by atoms with van der Waals surface area (Å²) in [7, 11) is 0. The van der Waals surface area contributed by atoms with Gasteiger partial charge in [0.05, 0.1) is 11.3 Å². The predicted octanol–water partition coefficient (Wildman–Crippen LogP) is 1.18. The van der Waals surface area contributed by atoms with Gasteiger partial charge >= 0.3 is 5.69 Å². The fourth-order valence-corrected chi connectivity index (χ4v) is 1.27. The van der Waals surface area contributed by atoms with Gasteiger partial charge in [-0.25, -0.2) is 9.18 Å². The number of H-pyrrole nitrogens is 1. The highest BCUT2D eigenvalue weighted by Gasteiger charge is 2.05. The van der Waals surface area contributed by atoms with E-state index in [1.165, 1.54) is 29.1 Å². The van der Waals surface area contributed by atoms with Crippen LogP contribution in [0.3, 0.4) is 0 Å². The Kier molecular flexibility index (Phi) is 2.10. The zero-order valence-electron chi connectivity index (χ0n) is 7.57. The third-order valence-electron chi connectivity index (χ3n) is 2.00. The average Bonchev–Trinajstić information content (AvgIpc) is 2.65. The number of nitriles is 1. The second kappa shape index (κ2) is 3.42. The molecule has 4 nitrogen and oxygen atoms in total. The molecule has 1 aromatic carbocycles. The normalized spacial score (nSPS) is 9.87. The molecule has 0 unspecified atom stereocenters. The van der Waals surface area contributed by atoms with E-state index in [4.69, 9.17) is 5.26 Å². The number of rotatable bonds is 1. The number of hydrogen-bond acceptors (Lipinski definition) is 2. The van der Waals surface area contributed by atoms with Crippen LogP contribution in [0.5, 0.6) is 0 Å². The fraction of sp³-hybridized carbons (Fsp3) is 0. The molecule has 15 heavy (non-hydrogen) atoms. The summed E-state index contributed by atoms with van der Waals surface area (Å²) in [6.07, 6.45) is 2.98. The first-order valence-electron chi connectivity index (χ1n) is 4.18. The Morgan fingerprint density at radius 2 is 2.27 bits per heavy atom. The number of aromatic nitrogens is 2. The van der Waals surface area contributed by atoms with E-state index < -0.39 is 5.82 Å². The van der Waals surface area contributed by atoms with Crippen molar-refractivity contribution in [3.05, 3.63) is 52.5 Å². The van der Waals surface area contributed by atoms with Gasteiger partial charge in [-0.2, -0.15) is 5.26 Å². The minimum absolute atomic E-state index is 0.0828. The topological polar surface area (TPSA) is 61.6 Å². The van der Waals surface area contributed by atoms with E-state index in [0.29, 0.717) is 5.69 Å². The van der Waals surface area contributed by atoms with E-state index in [1.807, 2.05) is 0 Å². The minimum Gasteiger partial charge on any atom is -0.312 e. The maximum Gasteiger partial charge on any atom is 0.330 e. The molecule has 0 aliphatic carbocycles. The Hall–Kier alpha value is -2.35. The van der Waals surface area contributed by atoms with Gasteiger partial charge in [0.2, 0.25) is 0 Å². The van der Waals surface area contributed by atoms with E-state index in [2.05, 4.69) is 4.98 Å². The van der Waals surface area contributed by atoms with Gasteiger partial charge in [-0.3, -0.25) is 4.57 Å². The molecule has 0 spiro atoms. The first-order chi connectivity index (χ1) is 7.22. The van der Waals surface area contributed by atoms with Crippen molar-refractivity contribution < 1.29 is 4.39 Å². The average molecular weight is 203 g/mol. The lowest BCUT2D eigenvalue weighted by Crippen LogP contribution is -2.14. The summed E-state index contributed by atoms with van der Waals surface area (Å²) in [4.78, 5) is 13.7. The molecule has 1 heterocycles. The summed E-state index contributed by atoms with van der Waals surface area (Å²) in [6.45, 7) is 0. The van der Waals surface area contributed by atoms with E-state index in [-0.39, 0.29) is 11.3 Å². The molecule has 2 aromatic rings. The van der Waals surface area contributed by atoms with Gasteiger partial charge in [-0.1, -0.05) is 0 Å². The highest BCUT2D eigenvalue weighted by molar-refractivity contribution is 5.42. The maximum atomic E-state index is 13.0. The zero-order chi connectivity index (χ0) is 10.8. The van der Waals surface area contributed by atoms with E-state index in [0.717, 1.165) is 6.07 Å². The summed E-state index contributed by atoms with van der Waals surface area (Å²) in [5, 5.41) is 8.62. The Bertz CT molecular complexity index is 591. The lowest BCUT2D eigenvalue weighted by atomic mass is 10.2. The van der Waals surface area contributed by atoms with Gasteiger partial charge in [-0.05, 0) is 18.2 Å². The Labute approximate surface area is 84.2 Å². The SMILES string of the molecule is N#Cc1cc(-n2cc[nH]c2=O)ccc1F. The molecule has 0 saturated heterocycles. The Morgan fingerprint density at radius 1 is 1.47 bits per heavy atom. The standard InChI is InChI=1S/C10H6FN3O/c11-9-2-1-8(5-7(9)6-12)14-4-3-13-10(14)15/h1-5H,(H,13,15). The van der Waals surface area contributed by atoms with Crippen LogP contribution in [-0.2, 0) is 0 Å². The van der Waals surface area contributed by atoms with Crippen molar-refractivity contribution in [3.63, 3.8) is 0 Å². The number of benzene rings is 1. The number of nitrogens with zero attached hydrogens (tertiary/aromatic N) is 2. The monoisotopic (exact) mass is 203 g/mol. The summed E-state index contributed by atoms with van der Waals surface area (Å²) in [5.74, 6) is -0.593. The zero-order valence-corrected chi connectivity index (χ0v) is 7.57. The van der Waals surface area contributed by atoms with E-state index in [1.54, 1.807) is 6.07 Å². The third-order valence-corrected chi connectivity index (χ3v) is 2.00. The highest BCUT2D eigenvalue weighted by atomic mass is 19.1. The van der Waals surface area contributed by atoms with Crippen LogP contribution in [0.2, 0.25) is 0 Å². The smallest absolute Gasteiger partial charge is 0.312 e. The molecule has 0 aliphatic rings. The molecule has 2 rings (SSSR count). The first kappa shape index (κ1) is 9.21. The van der Waals surface area contributed by atoms with Crippen LogP contribution in [-0.4, -0.2) is 9.55 Å². The predicted molar refractivity (Wildman–Crippen MR) is 51.1 cm³/mol. The van der Waals surface area contributed by atoms with Crippen molar-refractivity contribution in [2.45, 2.75) is 0 Å². The van der Waals surface area contributed by atoms with Crippen LogP contribution in [0.4, 0.5) is 4.39 Å². The second-order valence-electron chi connectivity index (χ2n) is 2.91. The van der Waals surface area contributed by atoms with Crippen molar-refractivity contribution in [2.24, 2.45) is 0 Å². The summed E-state index contributed by atoms with van der Waals surface area (Å²) in [5.41, 5.74) is 0.0466. The second-order valence-corrected chi connectivity index (χ2v) is 2.91. The van der Waals surface area contributed by atoms with Crippen LogP contribution >= 0.6 is 0 Å². The largest absolute Gasteiger partial charge is 0.330 e. The summed E-state index contributed by atoms with van der Waals surface area (Å²) in [6, 6.07) is 5.64. The lowest BCUT2D eigenvalue weighted by Gasteiger charge is -2.01. The molecule has 1 aromatic heterocycles. The molecule has 0 radical (unpaired) electrons. The molecule has 0 aliphatic heterocycles. The molecular formula is C10H6FN3O. The van der Waals surface area contributed by atoms with Gasteiger partial charge in [-0.15, -0.1) is 0 Å². The quantitative estimate of drug-likeness (QED) is 0.756. The van der Waals surface area contributed by atoms with Gasteiger partial charge in [0.15, 0.2) is 0 Å². The molecule has 0 amide bonds. The first-order valence-corrected chi connectivity index (χ1v) is 4.18. The molecule has 1 N–H and O–H groups in total. The number of hydrogen-bond donors (Lipinski definition) is 1. The molecule has 5 heteroatoms. The minimum atomic E-state index is -0.593. The molecule has 0 bridgehead atoms. The molecular weight excluding hydrogens is 197 g/mol. The van der Waals surface area contributed by atoms with Gasteiger partial charge < -0.3 is 4.98 Å². The van der Waals surface area contributed by atoms with E-state index in [9.17, 15) is 9.18 Å². The maximum absolute atomic E-state index is 13.0. The Morgan fingerprint density at radius 3 is 2.87 bits per heavy atom. The van der Waals surface area contributed by atoms with E-state index >= 15 is 0 Å². The molecule has 0 saturated carbocycles. The van der Waals surface area contributed by atoms with Crippen molar-refractivity contribution in [2.75, 3.05) is 0 Å². The third kappa shape index (κ3) is 1.53. The van der Waals surface area contributed by atoms with Crippen LogP contribution in [0.1, 0.15) is 5.56 Å². The molecule has 0 atom stereocenters. The van der Waals surface area contributed by atoms with Crippen molar-refractivity contribution >= 4 is 0 Å². The summed E-state index contributed by atoms with van der Waals surface area (Å²) < 4.78 is 14.3. The number of aromatic amines is 1. The highest BCUT2D eigenvalue weighted by Crippen LogP contribution is 2.11. The van der Waals surface area contributed by atoms with Crippen LogP contribution < -0.4 is 5.69 Å². The van der Waals surface area contributed by atoms with Crippen LogP contribution in [0.25, 0.3) is 5.69 Å². The summed E-state index contributed by atoms with van der Waals surface area (Å²) >= 11 is 0. The number of imidazole rings is 1. The number of halogens is 1. The lowest BCUT2D eigenvalue weighted by molar-refractivity contribution is 0.623. The fourth-order valence-electron chi connectivity index (χ4n) is 1.27.